The molecule has 0 atom stereocenters. The molecule has 1 amide bonds. The van der Waals surface area contributed by atoms with Gasteiger partial charge < -0.3 is 18.8 Å². The third-order valence-corrected chi connectivity index (χ3v) is 6.18. The first-order chi connectivity index (χ1) is 15.3. The molecule has 0 unspecified atom stereocenters. The van der Waals surface area contributed by atoms with Gasteiger partial charge in [-0.1, -0.05) is 44.2 Å². The number of thiazole rings is 1. The van der Waals surface area contributed by atoms with Crippen molar-refractivity contribution in [1.82, 2.24) is 4.57 Å². The predicted octanol–water partition coefficient (Wildman–Crippen LogP) is 4.08. The van der Waals surface area contributed by atoms with Crippen LogP contribution in [0.2, 0.25) is 0 Å². The number of benzene rings is 2. The van der Waals surface area contributed by atoms with Crippen molar-refractivity contribution in [2.75, 3.05) is 19.8 Å². The summed E-state index contributed by atoms with van der Waals surface area (Å²) >= 11 is 1.32. The molecule has 0 spiro atoms. The number of hydrogen-bond acceptors (Lipinski definition) is 6. The number of ether oxygens (including phenoxy) is 3. The van der Waals surface area contributed by atoms with Gasteiger partial charge in [0.15, 0.2) is 16.3 Å². The lowest BCUT2D eigenvalue weighted by Gasteiger charge is -2.18. The number of aromatic nitrogens is 1. The van der Waals surface area contributed by atoms with Gasteiger partial charge in [-0.3, -0.25) is 9.59 Å². The summed E-state index contributed by atoms with van der Waals surface area (Å²) in [5, 5.41) is 0. The minimum atomic E-state index is -0.398. The highest BCUT2D eigenvalue weighted by Gasteiger charge is 2.19. The van der Waals surface area contributed by atoms with Crippen LogP contribution in [-0.2, 0) is 21.5 Å². The Kier molecular flexibility index (Phi) is 6.06. The molecule has 8 heteroatoms. The number of rotatable bonds is 4. The van der Waals surface area contributed by atoms with E-state index < -0.39 is 5.97 Å². The van der Waals surface area contributed by atoms with Gasteiger partial charge in [0.2, 0.25) is 0 Å². The zero-order chi connectivity index (χ0) is 22.9. The van der Waals surface area contributed by atoms with Gasteiger partial charge in [0.05, 0.1) is 16.8 Å². The van der Waals surface area contributed by atoms with E-state index in [1.165, 1.54) is 11.3 Å². The van der Waals surface area contributed by atoms with Gasteiger partial charge in [-0.25, -0.2) is 0 Å². The molecule has 7 nitrogen and oxygen atoms in total. The molecule has 2 heterocycles. The molecular weight excluding hydrogens is 428 g/mol. The Labute approximate surface area is 190 Å². The summed E-state index contributed by atoms with van der Waals surface area (Å²) in [7, 11) is 0. The van der Waals surface area contributed by atoms with Crippen molar-refractivity contribution in [3.8, 4) is 11.5 Å². The van der Waals surface area contributed by atoms with Crippen molar-refractivity contribution in [2.24, 2.45) is 4.99 Å². The molecule has 4 rings (SSSR count). The molecule has 32 heavy (non-hydrogen) atoms. The minimum absolute atomic E-state index is 0.00386. The van der Waals surface area contributed by atoms with Gasteiger partial charge in [-0.15, -0.1) is 0 Å². The maximum atomic E-state index is 12.9. The molecule has 0 fully saturated rings. The van der Waals surface area contributed by atoms with Crippen molar-refractivity contribution in [3.63, 3.8) is 0 Å². The largest absolute Gasteiger partial charge is 0.486 e. The van der Waals surface area contributed by atoms with Crippen LogP contribution in [0.5, 0.6) is 11.5 Å². The van der Waals surface area contributed by atoms with Crippen LogP contribution in [-0.4, -0.2) is 36.3 Å². The predicted molar refractivity (Wildman–Crippen MR) is 122 cm³/mol. The molecule has 1 aliphatic heterocycles. The molecule has 3 aromatic rings. The van der Waals surface area contributed by atoms with Gasteiger partial charge in [-0.05, 0) is 30.0 Å². The minimum Gasteiger partial charge on any atom is -0.486 e. The lowest BCUT2D eigenvalue weighted by Crippen LogP contribution is -2.23. The van der Waals surface area contributed by atoms with Crippen molar-refractivity contribution in [1.29, 1.82) is 0 Å². The van der Waals surface area contributed by atoms with Crippen LogP contribution in [0.4, 0.5) is 0 Å². The lowest BCUT2D eigenvalue weighted by atomic mass is 9.87. The summed E-state index contributed by atoms with van der Waals surface area (Å²) in [6, 6.07) is 11.1. The standard InChI is InChI=1S/C24H26N2O5S/c1-5-29-21(27)14-26-17-12-18-19(31-11-10-30-18)13-20(17)32-23(26)25-22(28)15-6-8-16(9-7-15)24(2,3)4/h6-9,12-13H,5,10-11,14H2,1-4H3. The summed E-state index contributed by atoms with van der Waals surface area (Å²) in [5.74, 6) is 0.483. The second kappa shape index (κ2) is 8.78. The smallest absolute Gasteiger partial charge is 0.326 e. The van der Waals surface area contributed by atoms with Crippen molar-refractivity contribution >= 4 is 33.4 Å². The third kappa shape index (κ3) is 4.55. The highest BCUT2D eigenvalue weighted by atomic mass is 32.1. The summed E-state index contributed by atoms with van der Waals surface area (Å²) < 4.78 is 19.0. The number of nitrogens with zero attached hydrogens (tertiary/aromatic N) is 2. The van der Waals surface area contributed by atoms with Crippen LogP contribution >= 0.6 is 11.3 Å². The average molecular weight is 455 g/mol. The summed E-state index contributed by atoms with van der Waals surface area (Å²) in [6.45, 7) is 9.28. The number of hydrogen-bond donors (Lipinski definition) is 0. The quantitative estimate of drug-likeness (QED) is 0.555. The van der Waals surface area contributed by atoms with Crippen molar-refractivity contribution < 1.29 is 23.8 Å². The molecule has 0 N–H and O–H groups in total. The number of amides is 1. The Morgan fingerprint density at radius 2 is 1.75 bits per heavy atom. The molecule has 0 bridgehead atoms. The summed E-state index contributed by atoms with van der Waals surface area (Å²) in [4.78, 5) is 30.0. The topological polar surface area (TPSA) is 79.1 Å². The Morgan fingerprint density at radius 3 is 2.38 bits per heavy atom. The van der Waals surface area contributed by atoms with Gasteiger partial charge >= 0.3 is 5.97 Å². The van der Waals surface area contributed by atoms with Gasteiger partial charge in [0, 0.05) is 17.7 Å². The third-order valence-electron chi connectivity index (χ3n) is 5.13. The maximum Gasteiger partial charge on any atom is 0.326 e. The monoisotopic (exact) mass is 454 g/mol. The van der Waals surface area contributed by atoms with Crippen molar-refractivity contribution in [2.45, 2.75) is 39.7 Å². The second-order valence-electron chi connectivity index (χ2n) is 8.48. The second-order valence-corrected chi connectivity index (χ2v) is 9.49. The Hall–Kier alpha value is -3.13. The van der Waals surface area contributed by atoms with E-state index in [-0.39, 0.29) is 24.5 Å². The molecule has 0 saturated carbocycles. The van der Waals surface area contributed by atoms with Gasteiger partial charge in [0.25, 0.3) is 5.91 Å². The zero-order valence-corrected chi connectivity index (χ0v) is 19.5. The molecule has 168 valence electrons. The van der Waals surface area contributed by atoms with Gasteiger partial charge in [-0.2, -0.15) is 4.99 Å². The Balaban J connectivity index is 1.78. The lowest BCUT2D eigenvalue weighted by molar-refractivity contribution is -0.143. The fourth-order valence-corrected chi connectivity index (χ4v) is 4.48. The molecule has 1 aromatic heterocycles. The molecular formula is C24H26N2O5S. The van der Waals surface area contributed by atoms with E-state index in [9.17, 15) is 9.59 Å². The fraction of sp³-hybridized carbons (Fsp3) is 0.375. The first kappa shape index (κ1) is 22.1. The van der Waals surface area contributed by atoms with E-state index in [4.69, 9.17) is 14.2 Å². The highest BCUT2D eigenvalue weighted by molar-refractivity contribution is 7.16. The van der Waals surface area contributed by atoms with Crippen molar-refractivity contribution in [3.05, 3.63) is 52.3 Å². The zero-order valence-electron chi connectivity index (χ0n) is 18.6. The maximum absolute atomic E-state index is 12.9. The first-order valence-corrected chi connectivity index (χ1v) is 11.4. The number of fused-ring (bicyclic) bond motifs is 2. The van der Waals surface area contributed by atoms with Crippen LogP contribution in [0.15, 0.2) is 41.4 Å². The van der Waals surface area contributed by atoms with E-state index in [2.05, 4.69) is 25.8 Å². The SMILES string of the molecule is CCOC(=O)Cn1c(=NC(=O)c2ccc(C(C)(C)C)cc2)sc2cc3c(cc21)OCCO3. The molecule has 2 aromatic carbocycles. The number of carbonyl (C=O) groups excluding carboxylic acids is 2. The fourth-order valence-electron chi connectivity index (χ4n) is 3.44. The van der Waals surface area contributed by atoms with E-state index in [0.717, 1.165) is 15.8 Å². The van der Waals surface area contributed by atoms with Gasteiger partial charge in [0.1, 0.15) is 19.8 Å². The average Bonchev–Trinajstić information content (AvgIpc) is 3.07. The number of esters is 1. The first-order valence-electron chi connectivity index (χ1n) is 10.5. The van der Waals surface area contributed by atoms with Crippen LogP contribution < -0.4 is 14.3 Å². The Morgan fingerprint density at radius 1 is 1.09 bits per heavy atom. The molecule has 0 saturated heterocycles. The van der Waals surface area contributed by atoms with E-state index in [1.54, 1.807) is 23.6 Å². The van der Waals surface area contributed by atoms with Crippen LogP contribution in [0.25, 0.3) is 10.2 Å². The normalized spacial score (nSPS) is 13.9. The van der Waals surface area contributed by atoms with Crippen LogP contribution in [0.3, 0.4) is 0 Å². The van der Waals surface area contributed by atoms with E-state index in [1.807, 2.05) is 24.3 Å². The number of carbonyl (C=O) groups is 2. The molecule has 0 aliphatic carbocycles. The summed E-state index contributed by atoms with van der Waals surface area (Å²) in [6.07, 6.45) is 0. The highest BCUT2D eigenvalue weighted by Crippen LogP contribution is 2.35. The Bertz CT molecular complexity index is 1230. The van der Waals surface area contributed by atoms with Crippen LogP contribution in [0, 0.1) is 0 Å². The summed E-state index contributed by atoms with van der Waals surface area (Å²) in [5.41, 5.74) is 2.36. The van der Waals surface area contributed by atoms with E-state index in [0.29, 0.717) is 35.1 Å². The molecule has 0 radical (unpaired) electrons. The van der Waals surface area contributed by atoms with E-state index >= 15 is 0 Å². The van der Waals surface area contributed by atoms with Crippen LogP contribution in [0.1, 0.15) is 43.6 Å². The molecule has 1 aliphatic rings.